The number of carbonyl (C=O) groups excluding carboxylic acids is 1. The van der Waals surface area contributed by atoms with Gasteiger partial charge in [-0.15, -0.1) is 0 Å². The maximum atomic E-state index is 12.6. The van der Waals surface area contributed by atoms with Crippen molar-refractivity contribution in [1.29, 1.82) is 0 Å². The normalized spacial score (nSPS) is 12.3. The van der Waals surface area contributed by atoms with Crippen molar-refractivity contribution < 1.29 is 17.9 Å². The van der Waals surface area contributed by atoms with Crippen molar-refractivity contribution in [2.75, 3.05) is 22.5 Å². The highest BCUT2D eigenvalue weighted by Gasteiger charge is 2.29. The minimum atomic E-state index is -3.75. The van der Waals surface area contributed by atoms with Crippen LogP contribution < -0.4 is 14.4 Å². The fraction of sp³-hybridized carbons (Fsp3) is 0.278. The maximum Gasteiger partial charge on any atom is 0.247 e. The molecule has 0 aliphatic heterocycles. The number of hydrogen-bond donors (Lipinski definition) is 1. The first-order valence-corrected chi connectivity index (χ1v) is 10.7. The molecule has 0 aromatic heterocycles. The van der Waals surface area contributed by atoms with Crippen LogP contribution in [0.3, 0.4) is 0 Å². The number of hydrogen-bond acceptors (Lipinski definition) is 4. The van der Waals surface area contributed by atoms with Crippen molar-refractivity contribution >= 4 is 50.5 Å². The Morgan fingerprint density at radius 3 is 2.30 bits per heavy atom. The number of rotatable bonds is 7. The largest absolute Gasteiger partial charge is 0.494 e. The summed E-state index contributed by atoms with van der Waals surface area (Å²) in [6.07, 6.45) is 1.02. The molecule has 0 aliphatic carbocycles. The number of carbonyl (C=O) groups is 1. The quantitative estimate of drug-likeness (QED) is 0.714. The van der Waals surface area contributed by atoms with Gasteiger partial charge in [-0.05, 0) is 56.3 Å². The van der Waals surface area contributed by atoms with E-state index in [1.54, 1.807) is 24.3 Å². The molecule has 2 aromatic rings. The van der Waals surface area contributed by atoms with E-state index in [1.165, 1.54) is 25.1 Å². The molecular weight excluding hydrogens is 411 g/mol. The SMILES string of the molecule is CCOc1ccc(NC(=O)C(C)N(c2ccc(Cl)c(Cl)c2)S(C)(=O)=O)cc1. The van der Waals surface area contributed by atoms with Gasteiger partial charge in [0.15, 0.2) is 0 Å². The molecule has 0 bridgehead atoms. The molecule has 0 radical (unpaired) electrons. The second-order valence-corrected chi connectivity index (χ2v) is 8.45. The van der Waals surface area contributed by atoms with Crippen LogP contribution in [-0.2, 0) is 14.8 Å². The van der Waals surface area contributed by atoms with Gasteiger partial charge in [0.2, 0.25) is 15.9 Å². The Balaban J connectivity index is 2.25. The highest BCUT2D eigenvalue weighted by atomic mass is 35.5. The molecule has 2 aromatic carbocycles. The van der Waals surface area contributed by atoms with E-state index in [2.05, 4.69) is 5.32 Å². The highest BCUT2D eigenvalue weighted by molar-refractivity contribution is 7.92. The number of sulfonamides is 1. The summed E-state index contributed by atoms with van der Waals surface area (Å²) in [6.45, 7) is 3.91. The van der Waals surface area contributed by atoms with Crippen molar-refractivity contribution in [2.24, 2.45) is 0 Å². The summed E-state index contributed by atoms with van der Waals surface area (Å²) < 4.78 is 30.9. The van der Waals surface area contributed by atoms with E-state index in [9.17, 15) is 13.2 Å². The highest BCUT2D eigenvalue weighted by Crippen LogP contribution is 2.30. The van der Waals surface area contributed by atoms with Crippen LogP contribution in [0, 0.1) is 0 Å². The van der Waals surface area contributed by atoms with Gasteiger partial charge in [0.1, 0.15) is 11.8 Å². The molecule has 2 rings (SSSR count). The van der Waals surface area contributed by atoms with Crippen molar-refractivity contribution in [3.8, 4) is 5.75 Å². The Bertz CT molecular complexity index is 917. The summed E-state index contributed by atoms with van der Waals surface area (Å²) in [7, 11) is -3.75. The summed E-state index contributed by atoms with van der Waals surface area (Å²) in [6, 6.07) is 10.2. The zero-order valence-corrected chi connectivity index (χ0v) is 17.4. The van der Waals surface area contributed by atoms with Crippen molar-refractivity contribution in [1.82, 2.24) is 0 Å². The van der Waals surface area contributed by atoms with Crippen LogP contribution in [0.1, 0.15) is 13.8 Å². The molecule has 0 spiro atoms. The van der Waals surface area contributed by atoms with Gasteiger partial charge < -0.3 is 10.1 Å². The second-order valence-electron chi connectivity index (χ2n) is 5.78. The third kappa shape index (κ3) is 5.51. The first-order valence-electron chi connectivity index (χ1n) is 8.11. The first kappa shape index (κ1) is 21.3. The van der Waals surface area contributed by atoms with E-state index in [4.69, 9.17) is 27.9 Å². The summed E-state index contributed by atoms with van der Waals surface area (Å²) in [5, 5.41) is 3.19. The number of ether oxygens (including phenoxy) is 1. The predicted molar refractivity (Wildman–Crippen MR) is 109 cm³/mol. The van der Waals surface area contributed by atoms with Gasteiger partial charge in [-0.3, -0.25) is 9.10 Å². The fourth-order valence-electron chi connectivity index (χ4n) is 2.48. The van der Waals surface area contributed by atoms with Crippen LogP contribution >= 0.6 is 23.2 Å². The first-order chi connectivity index (χ1) is 12.6. The summed E-state index contributed by atoms with van der Waals surface area (Å²) in [4.78, 5) is 12.6. The fourth-order valence-corrected chi connectivity index (χ4v) is 3.94. The van der Waals surface area contributed by atoms with E-state index in [-0.39, 0.29) is 10.7 Å². The maximum absolute atomic E-state index is 12.6. The summed E-state index contributed by atoms with van der Waals surface area (Å²) in [5.74, 6) is 0.188. The van der Waals surface area contributed by atoms with Crippen LogP contribution in [0.15, 0.2) is 42.5 Å². The Labute approximate surface area is 169 Å². The molecule has 146 valence electrons. The minimum absolute atomic E-state index is 0.196. The molecule has 0 saturated heterocycles. The summed E-state index contributed by atoms with van der Waals surface area (Å²) >= 11 is 11.9. The van der Waals surface area contributed by atoms with E-state index in [0.29, 0.717) is 23.1 Å². The molecular formula is C18H20Cl2N2O4S. The zero-order valence-electron chi connectivity index (χ0n) is 15.1. The van der Waals surface area contributed by atoms with Crippen LogP contribution in [0.4, 0.5) is 11.4 Å². The van der Waals surface area contributed by atoms with Gasteiger partial charge in [0, 0.05) is 5.69 Å². The molecule has 27 heavy (non-hydrogen) atoms. The van der Waals surface area contributed by atoms with E-state index in [0.717, 1.165) is 10.6 Å². The average molecular weight is 431 g/mol. The molecule has 9 heteroatoms. The molecule has 0 fully saturated rings. The van der Waals surface area contributed by atoms with Crippen LogP contribution in [0.5, 0.6) is 5.75 Å². The standard InChI is InChI=1S/C18H20Cl2N2O4S/c1-4-26-15-8-5-13(6-9-15)21-18(23)12(2)22(27(3,24)25)14-7-10-16(19)17(20)11-14/h5-12H,4H2,1-3H3,(H,21,23). The number of nitrogens with zero attached hydrogens (tertiary/aromatic N) is 1. The lowest BCUT2D eigenvalue weighted by Gasteiger charge is -2.28. The molecule has 1 unspecified atom stereocenters. The second kappa shape index (κ2) is 8.82. The molecule has 1 amide bonds. The topological polar surface area (TPSA) is 75.7 Å². The predicted octanol–water partition coefficient (Wildman–Crippen LogP) is 4.19. The number of nitrogens with one attached hydrogen (secondary N) is 1. The Morgan fingerprint density at radius 2 is 1.78 bits per heavy atom. The van der Waals surface area contributed by atoms with Crippen molar-refractivity contribution in [2.45, 2.75) is 19.9 Å². The Morgan fingerprint density at radius 1 is 1.15 bits per heavy atom. The van der Waals surface area contributed by atoms with Crippen molar-refractivity contribution in [3.05, 3.63) is 52.5 Å². The minimum Gasteiger partial charge on any atom is -0.494 e. The van der Waals surface area contributed by atoms with Gasteiger partial charge in [0.05, 0.1) is 28.6 Å². The van der Waals surface area contributed by atoms with Gasteiger partial charge in [-0.1, -0.05) is 23.2 Å². The lowest BCUT2D eigenvalue weighted by molar-refractivity contribution is -0.116. The summed E-state index contributed by atoms with van der Waals surface area (Å²) in [5.41, 5.74) is 0.777. The molecule has 0 heterocycles. The smallest absolute Gasteiger partial charge is 0.247 e. The zero-order chi connectivity index (χ0) is 20.2. The molecule has 1 atom stereocenters. The number of anilines is 2. The number of benzene rings is 2. The van der Waals surface area contributed by atoms with Crippen LogP contribution in [0.2, 0.25) is 10.0 Å². The van der Waals surface area contributed by atoms with E-state index in [1.807, 2.05) is 6.92 Å². The lowest BCUT2D eigenvalue weighted by Crippen LogP contribution is -2.45. The number of amides is 1. The van der Waals surface area contributed by atoms with Gasteiger partial charge in [-0.25, -0.2) is 8.42 Å². The van der Waals surface area contributed by atoms with Gasteiger partial charge in [0.25, 0.3) is 0 Å². The van der Waals surface area contributed by atoms with Gasteiger partial charge >= 0.3 is 0 Å². The van der Waals surface area contributed by atoms with Crippen LogP contribution in [0.25, 0.3) is 0 Å². The Hall–Kier alpha value is -1.96. The molecule has 6 nitrogen and oxygen atoms in total. The van der Waals surface area contributed by atoms with Crippen LogP contribution in [-0.4, -0.2) is 33.2 Å². The monoisotopic (exact) mass is 430 g/mol. The van der Waals surface area contributed by atoms with Crippen molar-refractivity contribution in [3.63, 3.8) is 0 Å². The third-order valence-electron chi connectivity index (χ3n) is 3.68. The number of halogens is 2. The van der Waals surface area contributed by atoms with E-state index >= 15 is 0 Å². The van der Waals surface area contributed by atoms with E-state index < -0.39 is 22.0 Å². The third-order valence-corrected chi connectivity index (χ3v) is 5.66. The van der Waals surface area contributed by atoms with Gasteiger partial charge in [-0.2, -0.15) is 0 Å². The Kier molecular flexibility index (Phi) is 6.97. The lowest BCUT2D eigenvalue weighted by atomic mass is 10.2. The molecule has 1 N–H and O–H groups in total. The molecule has 0 saturated carbocycles. The molecule has 0 aliphatic rings. The average Bonchev–Trinajstić information content (AvgIpc) is 2.59.